The first-order valence-electron chi connectivity index (χ1n) is 7.71. The lowest BCUT2D eigenvalue weighted by Crippen LogP contribution is -2.38. The molecule has 2 rings (SSSR count). The Labute approximate surface area is 135 Å². The minimum Gasteiger partial charge on any atom is -0.476 e. The van der Waals surface area contributed by atoms with Gasteiger partial charge in [-0.2, -0.15) is 0 Å². The van der Waals surface area contributed by atoms with E-state index in [0.717, 1.165) is 32.4 Å². The van der Waals surface area contributed by atoms with Crippen molar-refractivity contribution in [2.45, 2.75) is 39.2 Å². The van der Waals surface area contributed by atoms with Gasteiger partial charge in [0.15, 0.2) is 5.69 Å². The van der Waals surface area contributed by atoms with Crippen LogP contribution in [0.5, 0.6) is 0 Å². The Morgan fingerprint density at radius 3 is 2.59 bits per heavy atom. The van der Waals surface area contributed by atoms with Gasteiger partial charge in [0, 0.05) is 13.1 Å². The first-order valence-corrected chi connectivity index (χ1v) is 8.09. The third-order valence-corrected chi connectivity index (χ3v) is 4.46. The van der Waals surface area contributed by atoms with Crippen LogP contribution in [0.1, 0.15) is 43.6 Å². The van der Waals surface area contributed by atoms with E-state index in [0.29, 0.717) is 17.7 Å². The van der Waals surface area contributed by atoms with Crippen LogP contribution in [-0.2, 0) is 0 Å². The van der Waals surface area contributed by atoms with E-state index in [1.165, 1.54) is 0 Å². The number of aliphatic hydroxyl groups is 1. The van der Waals surface area contributed by atoms with Crippen LogP contribution in [-0.4, -0.2) is 40.4 Å². The SMILES string of the molecule is CC(C)CC(O)C1CCN(c2ccc(Cl)c(C(=O)O)n2)CC1. The van der Waals surface area contributed by atoms with Crippen LogP contribution >= 0.6 is 11.6 Å². The van der Waals surface area contributed by atoms with Crippen molar-refractivity contribution in [1.29, 1.82) is 0 Å². The molecule has 1 atom stereocenters. The molecule has 1 aliphatic heterocycles. The summed E-state index contributed by atoms with van der Waals surface area (Å²) >= 11 is 5.85. The molecule has 1 aromatic heterocycles. The van der Waals surface area contributed by atoms with E-state index in [1.807, 2.05) is 0 Å². The van der Waals surface area contributed by atoms with Crippen LogP contribution in [0, 0.1) is 11.8 Å². The normalized spacial score (nSPS) is 17.8. The molecule has 0 aliphatic carbocycles. The molecule has 0 amide bonds. The van der Waals surface area contributed by atoms with Crippen molar-refractivity contribution in [1.82, 2.24) is 4.98 Å². The molecule has 2 N–H and O–H groups in total. The molecule has 6 heteroatoms. The fourth-order valence-electron chi connectivity index (χ4n) is 2.95. The Bertz CT molecular complexity index is 528. The van der Waals surface area contributed by atoms with Gasteiger partial charge in [0.1, 0.15) is 5.82 Å². The first kappa shape index (κ1) is 17.0. The van der Waals surface area contributed by atoms with Crippen LogP contribution in [0.4, 0.5) is 5.82 Å². The lowest BCUT2D eigenvalue weighted by molar-refractivity contribution is 0.0691. The highest BCUT2D eigenvalue weighted by molar-refractivity contribution is 6.33. The monoisotopic (exact) mass is 326 g/mol. The number of hydrogen-bond acceptors (Lipinski definition) is 4. The van der Waals surface area contributed by atoms with Gasteiger partial charge in [0.2, 0.25) is 0 Å². The topological polar surface area (TPSA) is 73.7 Å². The fourth-order valence-corrected chi connectivity index (χ4v) is 3.13. The summed E-state index contributed by atoms with van der Waals surface area (Å²) in [6, 6.07) is 3.33. The van der Waals surface area contributed by atoms with Crippen LogP contribution in [0.3, 0.4) is 0 Å². The first-order chi connectivity index (χ1) is 10.4. The summed E-state index contributed by atoms with van der Waals surface area (Å²) in [4.78, 5) is 17.3. The van der Waals surface area contributed by atoms with Crippen LogP contribution < -0.4 is 4.90 Å². The smallest absolute Gasteiger partial charge is 0.356 e. The number of carboxylic acids is 1. The van der Waals surface area contributed by atoms with E-state index in [9.17, 15) is 9.90 Å². The zero-order valence-electron chi connectivity index (χ0n) is 13.0. The predicted molar refractivity (Wildman–Crippen MR) is 86.6 cm³/mol. The number of pyridine rings is 1. The minimum absolute atomic E-state index is 0.110. The number of hydrogen-bond donors (Lipinski definition) is 2. The molecule has 5 nitrogen and oxygen atoms in total. The highest BCUT2D eigenvalue weighted by atomic mass is 35.5. The number of rotatable bonds is 5. The number of aromatic carboxylic acids is 1. The van der Waals surface area contributed by atoms with Gasteiger partial charge >= 0.3 is 5.97 Å². The Morgan fingerprint density at radius 1 is 1.41 bits per heavy atom. The van der Waals surface area contributed by atoms with Crippen molar-refractivity contribution in [2.75, 3.05) is 18.0 Å². The fraction of sp³-hybridized carbons (Fsp3) is 0.625. The largest absolute Gasteiger partial charge is 0.476 e. The van der Waals surface area contributed by atoms with Crippen molar-refractivity contribution in [3.05, 3.63) is 22.8 Å². The molecule has 1 fully saturated rings. The summed E-state index contributed by atoms with van der Waals surface area (Å²) in [5.41, 5.74) is -0.110. The number of piperidine rings is 1. The number of aromatic nitrogens is 1. The standard InChI is InChI=1S/C16H23ClN2O3/c1-10(2)9-13(20)11-5-7-19(8-6-11)14-4-3-12(17)15(18-14)16(21)22/h3-4,10-11,13,20H,5-9H2,1-2H3,(H,21,22). The lowest BCUT2D eigenvalue weighted by Gasteiger charge is -2.35. The van der Waals surface area contributed by atoms with Gasteiger partial charge < -0.3 is 15.1 Å². The maximum Gasteiger partial charge on any atom is 0.356 e. The Kier molecular flexibility index (Phi) is 5.64. The van der Waals surface area contributed by atoms with Crippen molar-refractivity contribution >= 4 is 23.4 Å². The van der Waals surface area contributed by atoms with Gasteiger partial charge in [0.05, 0.1) is 11.1 Å². The molecule has 2 heterocycles. The summed E-state index contributed by atoms with van der Waals surface area (Å²) < 4.78 is 0. The Balaban J connectivity index is 2.00. The van der Waals surface area contributed by atoms with E-state index >= 15 is 0 Å². The molecule has 1 saturated heterocycles. The lowest BCUT2D eigenvalue weighted by atomic mass is 9.87. The molecule has 0 aromatic carbocycles. The summed E-state index contributed by atoms with van der Waals surface area (Å²) in [7, 11) is 0. The average molecular weight is 327 g/mol. The van der Waals surface area contributed by atoms with Gasteiger partial charge in [-0.05, 0) is 43.2 Å². The second-order valence-electron chi connectivity index (χ2n) is 6.33. The van der Waals surface area contributed by atoms with E-state index < -0.39 is 5.97 Å². The summed E-state index contributed by atoms with van der Waals surface area (Å²) in [6.07, 6.45) is 2.35. The third kappa shape index (κ3) is 4.11. The molecular weight excluding hydrogens is 304 g/mol. The second-order valence-corrected chi connectivity index (χ2v) is 6.73. The molecule has 1 unspecified atom stereocenters. The van der Waals surface area contributed by atoms with Crippen LogP contribution in [0.2, 0.25) is 5.02 Å². The number of aliphatic hydroxyl groups excluding tert-OH is 1. The van der Waals surface area contributed by atoms with Crippen molar-refractivity contribution in [2.24, 2.45) is 11.8 Å². The van der Waals surface area contributed by atoms with Gasteiger partial charge in [0.25, 0.3) is 0 Å². The zero-order chi connectivity index (χ0) is 16.3. The molecule has 0 bridgehead atoms. The van der Waals surface area contributed by atoms with Gasteiger partial charge in [-0.15, -0.1) is 0 Å². The van der Waals surface area contributed by atoms with Crippen LogP contribution in [0.25, 0.3) is 0 Å². The Hall–Kier alpha value is -1.33. The van der Waals surface area contributed by atoms with Gasteiger partial charge in [-0.25, -0.2) is 9.78 Å². The summed E-state index contributed by atoms with van der Waals surface area (Å²) in [6.45, 7) is 5.77. The van der Waals surface area contributed by atoms with Crippen LogP contribution in [0.15, 0.2) is 12.1 Å². The number of carboxylic acid groups (broad SMARTS) is 1. The Morgan fingerprint density at radius 2 is 2.05 bits per heavy atom. The summed E-state index contributed by atoms with van der Waals surface area (Å²) in [5.74, 6) is 0.321. The van der Waals surface area contributed by atoms with E-state index in [-0.39, 0.29) is 16.8 Å². The molecule has 0 saturated carbocycles. The maximum absolute atomic E-state index is 11.1. The highest BCUT2D eigenvalue weighted by Gasteiger charge is 2.26. The maximum atomic E-state index is 11.1. The number of carbonyl (C=O) groups is 1. The summed E-state index contributed by atoms with van der Waals surface area (Å²) in [5, 5.41) is 19.5. The van der Waals surface area contributed by atoms with E-state index in [1.54, 1.807) is 12.1 Å². The molecule has 1 aromatic rings. The quantitative estimate of drug-likeness (QED) is 0.870. The molecule has 122 valence electrons. The predicted octanol–water partition coefficient (Wildman–Crippen LogP) is 3.06. The van der Waals surface area contributed by atoms with Gasteiger partial charge in [-0.3, -0.25) is 0 Å². The van der Waals surface area contributed by atoms with Crippen molar-refractivity contribution < 1.29 is 15.0 Å². The zero-order valence-corrected chi connectivity index (χ0v) is 13.8. The number of nitrogens with zero attached hydrogens (tertiary/aromatic N) is 2. The van der Waals surface area contributed by atoms with E-state index in [2.05, 4.69) is 23.7 Å². The van der Waals surface area contributed by atoms with E-state index in [4.69, 9.17) is 16.7 Å². The average Bonchev–Trinajstić information content (AvgIpc) is 2.47. The van der Waals surface area contributed by atoms with Crippen molar-refractivity contribution in [3.63, 3.8) is 0 Å². The molecular formula is C16H23ClN2O3. The molecule has 1 aliphatic rings. The molecule has 0 spiro atoms. The van der Waals surface area contributed by atoms with Gasteiger partial charge in [-0.1, -0.05) is 25.4 Å². The molecule has 22 heavy (non-hydrogen) atoms. The number of halogens is 1. The third-order valence-electron chi connectivity index (χ3n) is 4.15. The number of anilines is 1. The highest BCUT2D eigenvalue weighted by Crippen LogP contribution is 2.28. The van der Waals surface area contributed by atoms with Crippen molar-refractivity contribution in [3.8, 4) is 0 Å². The second kappa shape index (κ2) is 7.29. The molecule has 0 radical (unpaired) electrons. The minimum atomic E-state index is -1.12.